The lowest BCUT2D eigenvalue weighted by atomic mass is 10.2. The number of hydrogen-bond donors (Lipinski definition) is 1. The number of carbonyl (C=O) groups is 1. The molecule has 0 atom stereocenters. The zero-order valence-corrected chi connectivity index (χ0v) is 13.3. The van der Waals surface area contributed by atoms with E-state index < -0.39 is 5.91 Å². The molecule has 7 nitrogen and oxygen atoms in total. The fraction of sp³-hybridized carbons (Fsp3) is 0.111. The van der Waals surface area contributed by atoms with Crippen LogP contribution in [0.2, 0.25) is 0 Å². The Morgan fingerprint density at radius 1 is 1.20 bits per heavy atom. The van der Waals surface area contributed by atoms with Gasteiger partial charge in [-0.3, -0.25) is 4.79 Å². The van der Waals surface area contributed by atoms with Gasteiger partial charge >= 0.3 is 5.91 Å². The minimum atomic E-state index is -0.438. The molecule has 3 aromatic rings. The van der Waals surface area contributed by atoms with E-state index in [-0.39, 0.29) is 12.6 Å². The molecular weight excluding hydrogens is 324 g/mol. The van der Waals surface area contributed by atoms with Gasteiger partial charge in [0.2, 0.25) is 6.79 Å². The highest BCUT2D eigenvalue weighted by Gasteiger charge is 2.17. The molecule has 1 amide bonds. The van der Waals surface area contributed by atoms with Crippen LogP contribution in [0.5, 0.6) is 17.2 Å². The number of carbonyl (C=O) groups excluding carboxylic acids is 1. The van der Waals surface area contributed by atoms with E-state index >= 15 is 0 Å². The zero-order chi connectivity index (χ0) is 17.2. The monoisotopic (exact) mass is 338 g/mol. The van der Waals surface area contributed by atoms with Gasteiger partial charge in [0.15, 0.2) is 17.3 Å². The van der Waals surface area contributed by atoms with E-state index in [4.69, 9.17) is 18.6 Å². The van der Waals surface area contributed by atoms with Crippen molar-refractivity contribution in [1.82, 2.24) is 5.43 Å². The first kappa shape index (κ1) is 15.1. The van der Waals surface area contributed by atoms with Crippen LogP contribution < -0.4 is 19.6 Å². The SMILES string of the molecule is COc1cc2c(cc1/C=N\NC(=O)c1cc3ccccc3o1)OCO2. The highest BCUT2D eigenvalue weighted by molar-refractivity contribution is 5.96. The summed E-state index contributed by atoms with van der Waals surface area (Å²) in [4.78, 5) is 12.2. The third-order valence-corrected chi connectivity index (χ3v) is 3.74. The largest absolute Gasteiger partial charge is 0.496 e. The molecule has 2 heterocycles. The summed E-state index contributed by atoms with van der Waals surface area (Å²) in [5.41, 5.74) is 3.73. The number of ether oxygens (including phenoxy) is 3. The normalized spacial score (nSPS) is 12.7. The van der Waals surface area contributed by atoms with Gasteiger partial charge in [-0.1, -0.05) is 18.2 Å². The minimum absolute atomic E-state index is 0.169. The Bertz CT molecular complexity index is 944. The number of furan rings is 1. The summed E-state index contributed by atoms with van der Waals surface area (Å²) in [6.45, 7) is 0.169. The zero-order valence-electron chi connectivity index (χ0n) is 13.3. The molecule has 1 aromatic heterocycles. The predicted molar refractivity (Wildman–Crippen MR) is 90.4 cm³/mol. The maximum atomic E-state index is 12.2. The Morgan fingerprint density at radius 3 is 2.80 bits per heavy atom. The molecule has 126 valence electrons. The fourth-order valence-electron chi connectivity index (χ4n) is 2.53. The lowest BCUT2D eigenvalue weighted by Crippen LogP contribution is -2.16. The molecule has 1 aliphatic rings. The van der Waals surface area contributed by atoms with Crippen LogP contribution in [0.4, 0.5) is 0 Å². The first-order valence-corrected chi connectivity index (χ1v) is 7.54. The van der Waals surface area contributed by atoms with E-state index in [2.05, 4.69) is 10.5 Å². The van der Waals surface area contributed by atoms with Crippen molar-refractivity contribution in [3.8, 4) is 17.2 Å². The summed E-state index contributed by atoms with van der Waals surface area (Å²) in [5, 5.41) is 4.82. The van der Waals surface area contributed by atoms with E-state index in [0.29, 0.717) is 28.4 Å². The Balaban J connectivity index is 1.51. The molecule has 1 N–H and O–H groups in total. The second kappa shape index (κ2) is 6.20. The lowest BCUT2D eigenvalue weighted by molar-refractivity contribution is 0.0929. The number of nitrogens with zero attached hydrogens (tertiary/aromatic N) is 1. The van der Waals surface area contributed by atoms with Gasteiger partial charge in [-0.25, -0.2) is 5.43 Å². The van der Waals surface area contributed by atoms with Crippen molar-refractivity contribution in [2.45, 2.75) is 0 Å². The van der Waals surface area contributed by atoms with Crippen LogP contribution in [-0.4, -0.2) is 26.0 Å². The van der Waals surface area contributed by atoms with Crippen molar-refractivity contribution in [1.29, 1.82) is 0 Å². The summed E-state index contributed by atoms with van der Waals surface area (Å²) in [7, 11) is 1.54. The quantitative estimate of drug-likeness (QED) is 0.584. The van der Waals surface area contributed by atoms with Crippen molar-refractivity contribution in [3.63, 3.8) is 0 Å². The molecule has 1 aliphatic heterocycles. The van der Waals surface area contributed by atoms with E-state index in [1.807, 2.05) is 18.2 Å². The maximum Gasteiger partial charge on any atom is 0.307 e. The smallest absolute Gasteiger partial charge is 0.307 e. The molecule has 4 rings (SSSR count). The van der Waals surface area contributed by atoms with E-state index in [0.717, 1.165) is 5.39 Å². The van der Waals surface area contributed by atoms with Gasteiger partial charge in [-0.15, -0.1) is 0 Å². The molecule has 0 unspecified atom stereocenters. The Kier molecular flexibility index (Phi) is 3.74. The number of fused-ring (bicyclic) bond motifs is 2. The molecule has 7 heteroatoms. The Morgan fingerprint density at radius 2 is 2.00 bits per heavy atom. The van der Waals surface area contributed by atoms with Crippen LogP contribution in [0.1, 0.15) is 16.1 Å². The van der Waals surface area contributed by atoms with Crippen LogP contribution in [0.15, 0.2) is 52.0 Å². The summed E-state index contributed by atoms with van der Waals surface area (Å²) in [5.74, 6) is 1.53. The standard InChI is InChI=1S/C18H14N2O5/c1-22-14-8-16-15(23-10-24-16)7-12(14)9-19-20-18(21)17-6-11-4-2-3-5-13(11)25-17/h2-9H,10H2,1H3,(H,20,21)/b19-9-. The average Bonchev–Trinajstić information content (AvgIpc) is 3.26. The summed E-state index contributed by atoms with van der Waals surface area (Å²) in [6, 6.07) is 12.5. The van der Waals surface area contributed by atoms with Gasteiger partial charge in [0.05, 0.1) is 13.3 Å². The molecule has 0 fully saturated rings. The molecular formula is C18H14N2O5. The van der Waals surface area contributed by atoms with Crippen LogP contribution in [0.3, 0.4) is 0 Å². The van der Waals surface area contributed by atoms with E-state index in [1.165, 1.54) is 6.21 Å². The molecule has 0 aliphatic carbocycles. The van der Waals surface area contributed by atoms with Crippen LogP contribution in [0.25, 0.3) is 11.0 Å². The third kappa shape index (κ3) is 2.87. The summed E-state index contributed by atoms with van der Waals surface area (Å²) < 4.78 is 21.4. The Hall–Kier alpha value is -3.48. The fourth-order valence-corrected chi connectivity index (χ4v) is 2.53. The summed E-state index contributed by atoms with van der Waals surface area (Å²) >= 11 is 0. The number of amides is 1. The summed E-state index contributed by atoms with van der Waals surface area (Å²) in [6.07, 6.45) is 1.47. The van der Waals surface area contributed by atoms with Crippen molar-refractivity contribution in [3.05, 3.63) is 53.8 Å². The molecule has 25 heavy (non-hydrogen) atoms. The second-order valence-electron chi connectivity index (χ2n) is 5.30. The average molecular weight is 338 g/mol. The first-order chi connectivity index (χ1) is 12.2. The van der Waals surface area contributed by atoms with Gasteiger partial charge < -0.3 is 18.6 Å². The molecule has 0 spiro atoms. The molecule has 0 saturated carbocycles. The number of para-hydroxylation sites is 1. The number of nitrogens with one attached hydrogen (secondary N) is 1. The van der Waals surface area contributed by atoms with Gasteiger partial charge in [-0.05, 0) is 18.2 Å². The van der Waals surface area contributed by atoms with Gasteiger partial charge in [0.1, 0.15) is 11.3 Å². The number of benzene rings is 2. The molecule has 0 bridgehead atoms. The number of hydrazone groups is 1. The van der Waals surface area contributed by atoms with Crippen molar-refractivity contribution >= 4 is 23.1 Å². The highest BCUT2D eigenvalue weighted by Crippen LogP contribution is 2.37. The molecule has 2 aromatic carbocycles. The van der Waals surface area contributed by atoms with Gasteiger partial charge in [0.25, 0.3) is 0 Å². The van der Waals surface area contributed by atoms with E-state index in [1.54, 1.807) is 31.4 Å². The lowest BCUT2D eigenvalue weighted by Gasteiger charge is -2.05. The maximum absolute atomic E-state index is 12.2. The van der Waals surface area contributed by atoms with Crippen molar-refractivity contribution < 1.29 is 23.4 Å². The highest BCUT2D eigenvalue weighted by atomic mass is 16.7. The van der Waals surface area contributed by atoms with Crippen LogP contribution >= 0.6 is 0 Å². The second-order valence-corrected chi connectivity index (χ2v) is 5.30. The van der Waals surface area contributed by atoms with Crippen molar-refractivity contribution in [2.24, 2.45) is 5.10 Å². The first-order valence-electron chi connectivity index (χ1n) is 7.54. The minimum Gasteiger partial charge on any atom is -0.496 e. The topological polar surface area (TPSA) is 82.3 Å². The number of rotatable bonds is 4. The Labute approximate surface area is 142 Å². The number of methoxy groups -OCH3 is 1. The van der Waals surface area contributed by atoms with E-state index in [9.17, 15) is 4.79 Å². The van der Waals surface area contributed by atoms with Crippen LogP contribution in [0, 0.1) is 0 Å². The predicted octanol–water partition coefficient (Wildman–Crippen LogP) is 2.93. The van der Waals surface area contributed by atoms with Crippen molar-refractivity contribution in [2.75, 3.05) is 13.9 Å². The third-order valence-electron chi connectivity index (χ3n) is 3.74. The van der Waals surface area contributed by atoms with Gasteiger partial charge in [0, 0.05) is 17.0 Å². The molecule has 0 saturated heterocycles. The molecule has 0 radical (unpaired) electrons. The number of hydrogen-bond acceptors (Lipinski definition) is 6. The van der Waals surface area contributed by atoms with Gasteiger partial charge in [-0.2, -0.15) is 5.10 Å². The van der Waals surface area contributed by atoms with Crippen LogP contribution in [-0.2, 0) is 0 Å².